The van der Waals surface area contributed by atoms with E-state index < -0.39 is 0 Å². The van der Waals surface area contributed by atoms with Gasteiger partial charge in [0, 0.05) is 6.61 Å². The minimum absolute atomic E-state index is 0.374. The summed E-state index contributed by atoms with van der Waals surface area (Å²) in [6.07, 6.45) is 14.7. The van der Waals surface area contributed by atoms with E-state index in [9.17, 15) is 5.11 Å². The first kappa shape index (κ1) is 24.1. The Morgan fingerprint density at radius 1 is 0.806 bits per heavy atom. The molecule has 4 saturated carbocycles. The molecule has 0 aromatic rings. The van der Waals surface area contributed by atoms with Crippen LogP contribution in [0.2, 0.25) is 0 Å². The van der Waals surface area contributed by atoms with Gasteiger partial charge in [-0.3, -0.25) is 0 Å². The van der Waals surface area contributed by atoms with E-state index in [1.807, 2.05) is 0 Å². The van der Waals surface area contributed by atoms with E-state index in [1.165, 1.54) is 64.2 Å². The van der Waals surface area contributed by atoms with Gasteiger partial charge in [-0.2, -0.15) is 0 Å². The first-order chi connectivity index (χ1) is 14.6. The summed E-state index contributed by atoms with van der Waals surface area (Å²) < 4.78 is 0. The molecule has 1 N–H and O–H groups in total. The summed E-state index contributed by atoms with van der Waals surface area (Å²) in [6, 6.07) is 0. The highest BCUT2D eigenvalue weighted by molar-refractivity contribution is 5.10. The number of rotatable bonds is 6. The van der Waals surface area contributed by atoms with Crippen LogP contribution in [0.3, 0.4) is 0 Å². The molecule has 31 heavy (non-hydrogen) atoms. The van der Waals surface area contributed by atoms with Crippen molar-refractivity contribution in [2.24, 2.45) is 70.0 Å². The SMILES string of the molecule is CC(C)[C@@H](C)[C@H](CO)C[C@@H](C)[C@H]1CC[C@H]2[C@@H]3CC[C@H]4[C@H](C)CCC[C@]4(C)[C@H]3CC[C@]12C. The largest absolute Gasteiger partial charge is 0.396 e. The maximum atomic E-state index is 10.1. The Labute approximate surface area is 194 Å². The van der Waals surface area contributed by atoms with E-state index in [2.05, 4.69) is 48.5 Å². The molecule has 4 rings (SSSR count). The standard InChI is InChI=1S/C30H54O/c1-19(2)22(5)23(18-31)17-21(4)26-12-13-27-24-10-11-25-20(3)9-8-15-29(25,6)28(24)14-16-30(26,27)7/h19-28,31H,8-18H2,1-7H3/t20-,21-,22-,23+,24+,25+,26-,27+,28+,29+,30-/m1/s1. The summed E-state index contributed by atoms with van der Waals surface area (Å²) in [5, 5.41) is 10.1. The fraction of sp³-hybridized carbons (Fsp3) is 1.00. The van der Waals surface area contributed by atoms with Crippen molar-refractivity contribution in [3.05, 3.63) is 0 Å². The Morgan fingerprint density at radius 3 is 2.16 bits per heavy atom. The highest BCUT2D eigenvalue weighted by Crippen LogP contribution is 2.69. The van der Waals surface area contributed by atoms with Gasteiger partial charge in [-0.05, 0) is 121 Å². The second kappa shape index (κ2) is 8.96. The van der Waals surface area contributed by atoms with Crippen LogP contribution in [0.1, 0.15) is 113 Å². The highest BCUT2D eigenvalue weighted by Gasteiger charge is 2.60. The molecule has 0 saturated heterocycles. The molecule has 180 valence electrons. The molecule has 0 heterocycles. The van der Waals surface area contributed by atoms with Gasteiger partial charge in [-0.15, -0.1) is 0 Å². The lowest BCUT2D eigenvalue weighted by Gasteiger charge is -2.62. The molecule has 4 aliphatic rings. The molecule has 0 aliphatic heterocycles. The third kappa shape index (κ3) is 3.95. The second-order valence-electron chi connectivity index (χ2n) is 13.9. The van der Waals surface area contributed by atoms with Crippen molar-refractivity contribution in [3.63, 3.8) is 0 Å². The zero-order valence-electron chi connectivity index (χ0n) is 22.0. The Kier molecular flexibility index (Phi) is 6.96. The van der Waals surface area contributed by atoms with E-state index >= 15 is 0 Å². The molecular weight excluding hydrogens is 376 g/mol. The van der Waals surface area contributed by atoms with E-state index in [0.717, 1.165) is 41.4 Å². The van der Waals surface area contributed by atoms with Crippen molar-refractivity contribution in [2.75, 3.05) is 6.61 Å². The van der Waals surface area contributed by atoms with Crippen molar-refractivity contribution in [1.29, 1.82) is 0 Å². The van der Waals surface area contributed by atoms with Gasteiger partial charge in [0.15, 0.2) is 0 Å². The topological polar surface area (TPSA) is 20.2 Å². The summed E-state index contributed by atoms with van der Waals surface area (Å²) >= 11 is 0. The fourth-order valence-corrected chi connectivity index (χ4v) is 10.4. The minimum atomic E-state index is 0.374. The van der Waals surface area contributed by atoms with Crippen molar-refractivity contribution >= 4 is 0 Å². The number of aliphatic hydroxyl groups excluding tert-OH is 1. The summed E-state index contributed by atoms with van der Waals surface area (Å²) in [4.78, 5) is 0. The number of hydrogen-bond donors (Lipinski definition) is 1. The third-order valence-corrected chi connectivity index (χ3v) is 12.5. The Hall–Kier alpha value is -0.0400. The van der Waals surface area contributed by atoms with Crippen LogP contribution in [0.25, 0.3) is 0 Å². The van der Waals surface area contributed by atoms with Crippen molar-refractivity contribution in [2.45, 2.75) is 113 Å². The molecule has 1 heteroatoms. The van der Waals surface area contributed by atoms with Crippen LogP contribution >= 0.6 is 0 Å². The molecule has 4 aliphatic carbocycles. The van der Waals surface area contributed by atoms with Crippen molar-refractivity contribution < 1.29 is 5.11 Å². The van der Waals surface area contributed by atoms with Gasteiger partial charge in [-0.25, -0.2) is 0 Å². The molecule has 0 amide bonds. The molecule has 0 unspecified atom stereocenters. The average Bonchev–Trinajstić information content (AvgIpc) is 3.08. The number of fused-ring (bicyclic) bond motifs is 5. The number of aliphatic hydroxyl groups is 1. The first-order valence-corrected chi connectivity index (χ1v) is 14.2. The zero-order valence-corrected chi connectivity index (χ0v) is 22.0. The lowest BCUT2D eigenvalue weighted by atomic mass is 9.43. The van der Waals surface area contributed by atoms with Crippen LogP contribution in [0.5, 0.6) is 0 Å². The van der Waals surface area contributed by atoms with Crippen molar-refractivity contribution in [1.82, 2.24) is 0 Å². The molecule has 0 aromatic carbocycles. The van der Waals surface area contributed by atoms with Gasteiger partial charge in [-0.1, -0.05) is 61.3 Å². The summed E-state index contributed by atoms with van der Waals surface area (Å²) in [5.41, 5.74) is 1.20. The molecule has 1 nitrogen and oxygen atoms in total. The van der Waals surface area contributed by atoms with E-state index in [4.69, 9.17) is 0 Å². The van der Waals surface area contributed by atoms with Crippen LogP contribution in [0.4, 0.5) is 0 Å². The van der Waals surface area contributed by atoms with Crippen LogP contribution in [-0.2, 0) is 0 Å². The van der Waals surface area contributed by atoms with E-state index in [0.29, 0.717) is 35.2 Å². The molecule has 0 bridgehead atoms. The zero-order chi connectivity index (χ0) is 22.6. The number of hydrogen-bond acceptors (Lipinski definition) is 1. The Balaban J connectivity index is 1.49. The smallest absolute Gasteiger partial charge is 0.0462 e. The van der Waals surface area contributed by atoms with E-state index in [1.54, 1.807) is 0 Å². The third-order valence-electron chi connectivity index (χ3n) is 12.5. The van der Waals surface area contributed by atoms with Crippen LogP contribution in [0.15, 0.2) is 0 Å². The normalized spacial score (nSPS) is 47.9. The monoisotopic (exact) mass is 430 g/mol. The van der Waals surface area contributed by atoms with Gasteiger partial charge in [0.05, 0.1) is 0 Å². The molecule has 0 spiro atoms. The fourth-order valence-electron chi connectivity index (χ4n) is 10.4. The molecule has 4 fully saturated rings. The maximum Gasteiger partial charge on any atom is 0.0462 e. The van der Waals surface area contributed by atoms with Crippen LogP contribution < -0.4 is 0 Å². The first-order valence-electron chi connectivity index (χ1n) is 14.2. The average molecular weight is 431 g/mol. The lowest BCUT2D eigenvalue weighted by molar-refractivity contribution is -0.127. The summed E-state index contributed by atoms with van der Waals surface area (Å²) in [6.45, 7) is 17.9. The summed E-state index contributed by atoms with van der Waals surface area (Å²) in [7, 11) is 0. The van der Waals surface area contributed by atoms with Gasteiger partial charge in [0.2, 0.25) is 0 Å². The predicted octanol–water partition coefficient (Wildman–Crippen LogP) is 8.21. The van der Waals surface area contributed by atoms with Crippen LogP contribution in [-0.4, -0.2) is 11.7 Å². The molecule has 11 atom stereocenters. The van der Waals surface area contributed by atoms with E-state index in [-0.39, 0.29) is 0 Å². The quantitative estimate of drug-likeness (QED) is 0.450. The second-order valence-corrected chi connectivity index (χ2v) is 13.9. The molecule has 0 aromatic heterocycles. The highest BCUT2D eigenvalue weighted by atomic mass is 16.3. The Morgan fingerprint density at radius 2 is 1.48 bits per heavy atom. The van der Waals surface area contributed by atoms with Crippen molar-refractivity contribution in [3.8, 4) is 0 Å². The maximum absolute atomic E-state index is 10.1. The van der Waals surface area contributed by atoms with Gasteiger partial charge < -0.3 is 5.11 Å². The van der Waals surface area contributed by atoms with Gasteiger partial charge >= 0.3 is 0 Å². The van der Waals surface area contributed by atoms with Crippen LogP contribution in [0, 0.1) is 70.0 Å². The molecular formula is C30H54O. The Bertz CT molecular complexity index is 612. The summed E-state index contributed by atoms with van der Waals surface area (Å²) in [5.74, 6) is 8.36. The minimum Gasteiger partial charge on any atom is -0.396 e. The van der Waals surface area contributed by atoms with Gasteiger partial charge in [0.1, 0.15) is 0 Å². The lowest BCUT2D eigenvalue weighted by Crippen LogP contribution is -2.54. The predicted molar refractivity (Wildman–Crippen MR) is 133 cm³/mol. The van der Waals surface area contributed by atoms with Gasteiger partial charge in [0.25, 0.3) is 0 Å². The molecule has 0 radical (unpaired) electrons.